The molecule has 0 aliphatic carbocycles. The third kappa shape index (κ3) is 4.47. The standard InChI is InChI=1S/C20H22N4O/c1-23(2)19-5-3-4-18(12-19)20(25)22-13-16-6-8-17(9-7-16)14-24-11-10-21-15-24/h3-12,15H,13-14H2,1-2H3,(H,22,25). The van der Waals surface area contributed by atoms with Gasteiger partial charge in [0.15, 0.2) is 0 Å². The van der Waals surface area contributed by atoms with Gasteiger partial charge < -0.3 is 14.8 Å². The van der Waals surface area contributed by atoms with E-state index in [9.17, 15) is 4.79 Å². The average Bonchev–Trinajstić information content (AvgIpc) is 3.14. The quantitative estimate of drug-likeness (QED) is 0.754. The summed E-state index contributed by atoms with van der Waals surface area (Å²) in [6.45, 7) is 1.31. The van der Waals surface area contributed by atoms with Gasteiger partial charge in [0.05, 0.1) is 6.33 Å². The van der Waals surface area contributed by atoms with E-state index in [0.717, 1.165) is 17.8 Å². The second-order valence-corrected chi connectivity index (χ2v) is 6.18. The van der Waals surface area contributed by atoms with Crippen molar-refractivity contribution < 1.29 is 4.79 Å². The van der Waals surface area contributed by atoms with Crippen molar-refractivity contribution in [3.05, 3.63) is 83.9 Å². The van der Waals surface area contributed by atoms with Crippen molar-refractivity contribution in [2.75, 3.05) is 19.0 Å². The normalized spacial score (nSPS) is 10.5. The zero-order valence-electron chi connectivity index (χ0n) is 14.5. The maximum absolute atomic E-state index is 12.3. The van der Waals surface area contributed by atoms with Gasteiger partial charge in [-0.25, -0.2) is 4.98 Å². The first-order chi connectivity index (χ1) is 12.1. The van der Waals surface area contributed by atoms with E-state index >= 15 is 0 Å². The van der Waals surface area contributed by atoms with E-state index in [4.69, 9.17) is 0 Å². The highest BCUT2D eigenvalue weighted by Crippen LogP contribution is 2.13. The van der Waals surface area contributed by atoms with Crippen molar-refractivity contribution >= 4 is 11.6 Å². The monoisotopic (exact) mass is 334 g/mol. The highest BCUT2D eigenvalue weighted by molar-refractivity contribution is 5.95. The minimum atomic E-state index is -0.0637. The number of nitrogens with one attached hydrogen (secondary N) is 1. The molecule has 1 N–H and O–H groups in total. The summed E-state index contributed by atoms with van der Waals surface area (Å²) in [5, 5.41) is 2.97. The first-order valence-electron chi connectivity index (χ1n) is 8.21. The Balaban J connectivity index is 1.57. The topological polar surface area (TPSA) is 50.2 Å². The van der Waals surface area contributed by atoms with Crippen LogP contribution in [0.1, 0.15) is 21.5 Å². The van der Waals surface area contributed by atoms with E-state index in [1.807, 2.05) is 66.2 Å². The van der Waals surface area contributed by atoms with Crippen LogP contribution in [0.5, 0.6) is 0 Å². The predicted octanol–water partition coefficient (Wildman–Crippen LogP) is 2.93. The summed E-state index contributed by atoms with van der Waals surface area (Å²) in [7, 11) is 3.92. The van der Waals surface area contributed by atoms with Gasteiger partial charge in [0.2, 0.25) is 0 Å². The number of amides is 1. The van der Waals surface area contributed by atoms with Crippen molar-refractivity contribution in [1.29, 1.82) is 0 Å². The molecule has 5 nitrogen and oxygen atoms in total. The van der Waals surface area contributed by atoms with Crippen LogP contribution in [0, 0.1) is 0 Å². The Labute approximate surface area is 147 Å². The minimum absolute atomic E-state index is 0.0637. The summed E-state index contributed by atoms with van der Waals surface area (Å²) in [5.41, 5.74) is 3.96. The van der Waals surface area contributed by atoms with Crippen molar-refractivity contribution in [3.63, 3.8) is 0 Å². The van der Waals surface area contributed by atoms with Crippen LogP contribution in [0.25, 0.3) is 0 Å². The molecule has 1 aromatic heterocycles. The highest BCUT2D eigenvalue weighted by atomic mass is 16.1. The number of aromatic nitrogens is 2. The number of benzene rings is 2. The van der Waals surface area contributed by atoms with Crippen LogP contribution in [-0.2, 0) is 13.1 Å². The van der Waals surface area contributed by atoms with E-state index in [-0.39, 0.29) is 5.91 Å². The maximum atomic E-state index is 12.3. The molecule has 1 heterocycles. The van der Waals surface area contributed by atoms with Gasteiger partial charge in [-0.3, -0.25) is 4.79 Å². The third-order valence-electron chi connectivity index (χ3n) is 4.03. The summed E-state index contributed by atoms with van der Waals surface area (Å²) in [6.07, 6.45) is 5.52. The Hall–Kier alpha value is -3.08. The molecule has 25 heavy (non-hydrogen) atoms. The Morgan fingerprint density at radius 3 is 2.56 bits per heavy atom. The van der Waals surface area contributed by atoms with Crippen LogP contribution in [0.2, 0.25) is 0 Å². The van der Waals surface area contributed by atoms with Gasteiger partial charge in [-0.15, -0.1) is 0 Å². The maximum Gasteiger partial charge on any atom is 0.251 e. The summed E-state index contributed by atoms with van der Waals surface area (Å²) in [4.78, 5) is 18.4. The summed E-state index contributed by atoms with van der Waals surface area (Å²) < 4.78 is 2.02. The summed E-state index contributed by atoms with van der Waals surface area (Å²) >= 11 is 0. The zero-order chi connectivity index (χ0) is 17.6. The molecule has 0 bridgehead atoms. The van der Waals surface area contributed by atoms with Crippen LogP contribution < -0.4 is 10.2 Å². The molecule has 3 rings (SSSR count). The van der Waals surface area contributed by atoms with E-state index in [0.29, 0.717) is 12.1 Å². The number of imidazole rings is 1. The van der Waals surface area contributed by atoms with E-state index in [1.54, 1.807) is 12.5 Å². The summed E-state index contributed by atoms with van der Waals surface area (Å²) in [5.74, 6) is -0.0637. The lowest BCUT2D eigenvalue weighted by atomic mass is 10.1. The first kappa shape index (κ1) is 16.8. The van der Waals surface area contributed by atoms with Gasteiger partial charge in [-0.1, -0.05) is 30.3 Å². The molecule has 0 saturated carbocycles. The van der Waals surface area contributed by atoms with Crippen molar-refractivity contribution in [1.82, 2.24) is 14.9 Å². The molecule has 0 aliphatic rings. The van der Waals surface area contributed by atoms with Gasteiger partial charge in [-0.05, 0) is 29.3 Å². The lowest BCUT2D eigenvalue weighted by molar-refractivity contribution is 0.0951. The SMILES string of the molecule is CN(C)c1cccc(C(=O)NCc2ccc(Cn3ccnc3)cc2)c1. The fourth-order valence-electron chi connectivity index (χ4n) is 2.56. The van der Waals surface area contributed by atoms with Crippen LogP contribution in [0.15, 0.2) is 67.3 Å². The van der Waals surface area contributed by atoms with E-state index in [2.05, 4.69) is 22.4 Å². The number of rotatable bonds is 6. The van der Waals surface area contributed by atoms with Crippen molar-refractivity contribution in [2.45, 2.75) is 13.1 Å². The molecule has 0 fully saturated rings. The molecule has 0 saturated heterocycles. The third-order valence-corrected chi connectivity index (χ3v) is 4.03. The van der Waals surface area contributed by atoms with Gasteiger partial charge in [0, 0.05) is 50.8 Å². The summed E-state index contributed by atoms with van der Waals surface area (Å²) in [6, 6.07) is 15.8. The van der Waals surface area contributed by atoms with Crippen molar-refractivity contribution in [2.24, 2.45) is 0 Å². The Kier molecular flexibility index (Phi) is 5.14. The minimum Gasteiger partial charge on any atom is -0.378 e. The smallest absolute Gasteiger partial charge is 0.251 e. The van der Waals surface area contributed by atoms with Crippen LogP contribution in [0.4, 0.5) is 5.69 Å². The number of nitrogens with zero attached hydrogens (tertiary/aromatic N) is 3. The molecule has 3 aromatic rings. The Bertz CT molecular complexity index is 823. The molecular formula is C20H22N4O. The number of anilines is 1. The van der Waals surface area contributed by atoms with Crippen molar-refractivity contribution in [3.8, 4) is 0 Å². The molecule has 5 heteroatoms. The lowest BCUT2D eigenvalue weighted by Crippen LogP contribution is -2.23. The van der Waals surface area contributed by atoms with Gasteiger partial charge in [0.1, 0.15) is 0 Å². The molecule has 0 radical (unpaired) electrons. The largest absolute Gasteiger partial charge is 0.378 e. The predicted molar refractivity (Wildman–Crippen MR) is 99.7 cm³/mol. The second-order valence-electron chi connectivity index (χ2n) is 6.18. The number of carbonyl (C=O) groups is 1. The molecule has 0 aliphatic heterocycles. The Morgan fingerprint density at radius 1 is 1.12 bits per heavy atom. The number of hydrogen-bond donors (Lipinski definition) is 1. The molecule has 0 spiro atoms. The molecule has 128 valence electrons. The van der Waals surface area contributed by atoms with Gasteiger partial charge in [0.25, 0.3) is 5.91 Å². The zero-order valence-corrected chi connectivity index (χ0v) is 14.5. The van der Waals surface area contributed by atoms with E-state index in [1.165, 1.54) is 5.56 Å². The fourth-order valence-corrected chi connectivity index (χ4v) is 2.56. The molecular weight excluding hydrogens is 312 g/mol. The van der Waals surface area contributed by atoms with Crippen LogP contribution in [-0.4, -0.2) is 29.6 Å². The molecule has 2 aromatic carbocycles. The second kappa shape index (κ2) is 7.66. The Morgan fingerprint density at radius 2 is 1.88 bits per heavy atom. The molecule has 0 atom stereocenters. The van der Waals surface area contributed by atoms with Gasteiger partial charge >= 0.3 is 0 Å². The van der Waals surface area contributed by atoms with Crippen LogP contribution in [0.3, 0.4) is 0 Å². The lowest BCUT2D eigenvalue weighted by Gasteiger charge is -2.13. The number of hydrogen-bond acceptors (Lipinski definition) is 3. The number of carbonyl (C=O) groups excluding carboxylic acids is 1. The van der Waals surface area contributed by atoms with Gasteiger partial charge in [-0.2, -0.15) is 0 Å². The average molecular weight is 334 g/mol. The fraction of sp³-hybridized carbons (Fsp3) is 0.200. The molecule has 1 amide bonds. The first-order valence-corrected chi connectivity index (χ1v) is 8.21. The van der Waals surface area contributed by atoms with Crippen LogP contribution >= 0.6 is 0 Å². The van der Waals surface area contributed by atoms with E-state index < -0.39 is 0 Å². The molecule has 0 unspecified atom stereocenters. The highest BCUT2D eigenvalue weighted by Gasteiger charge is 2.07.